The average Bonchev–Trinajstić information content (AvgIpc) is 2.62. The Labute approximate surface area is 142 Å². The van der Waals surface area contributed by atoms with Crippen molar-refractivity contribution < 1.29 is 4.79 Å². The average molecular weight is 324 g/mol. The predicted molar refractivity (Wildman–Crippen MR) is 95.3 cm³/mol. The molecule has 1 atom stereocenters. The third-order valence-corrected chi connectivity index (χ3v) is 5.04. The molecule has 24 heavy (non-hydrogen) atoms. The summed E-state index contributed by atoms with van der Waals surface area (Å²) in [5.41, 5.74) is 1.60. The Morgan fingerprint density at radius 2 is 1.96 bits per heavy atom. The number of benzene rings is 1. The third kappa shape index (κ3) is 3.14. The summed E-state index contributed by atoms with van der Waals surface area (Å²) < 4.78 is 1.60. The number of nitrogens with zero attached hydrogens (tertiary/aromatic N) is 2. The molecule has 126 valence electrons. The van der Waals surface area contributed by atoms with Gasteiger partial charge in [-0.15, -0.1) is 0 Å². The van der Waals surface area contributed by atoms with Crippen LogP contribution in [0.2, 0.25) is 0 Å². The number of aryl methyl sites for hydroxylation is 1. The van der Waals surface area contributed by atoms with Crippen molar-refractivity contribution in [2.24, 2.45) is 0 Å². The Morgan fingerprint density at radius 3 is 2.62 bits per heavy atom. The van der Waals surface area contributed by atoms with E-state index in [2.05, 4.69) is 19.1 Å². The summed E-state index contributed by atoms with van der Waals surface area (Å²) >= 11 is 0. The highest BCUT2D eigenvalue weighted by atomic mass is 16.2. The Kier molecular flexibility index (Phi) is 4.56. The summed E-state index contributed by atoms with van der Waals surface area (Å²) in [4.78, 5) is 26.7. The van der Waals surface area contributed by atoms with Crippen LogP contribution in [0.4, 0.5) is 0 Å². The number of rotatable bonds is 3. The van der Waals surface area contributed by atoms with E-state index >= 15 is 0 Å². The maximum Gasteiger partial charge on any atom is 0.254 e. The van der Waals surface area contributed by atoms with E-state index in [1.54, 1.807) is 16.8 Å². The molecule has 3 rings (SSSR count). The second kappa shape index (κ2) is 6.63. The molecule has 0 radical (unpaired) electrons. The molecule has 1 saturated heterocycles. The quantitative estimate of drug-likeness (QED) is 0.871. The van der Waals surface area contributed by atoms with Crippen LogP contribution in [0.25, 0.3) is 0 Å². The van der Waals surface area contributed by atoms with Crippen molar-refractivity contribution in [3.8, 4) is 0 Å². The van der Waals surface area contributed by atoms with Crippen LogP contribution < -0.4 is 5.56 Å². The van der Waals surface area contributed by atoms with Gasteiger partial charge in [0.25, 0.3) is 11.5 Å². The Hall–Kier alpha value is -2.36. The number of hydrogen-bond acceptors (Lipinski definition) is 2. The molecule has 0 saturated carbocycles. The summed E-state index contributed by atoms with van der Waals surface area (Å²) in [5, 5.41) is 0. The fraction of sp³-hybridized carbons (Fsp3) is 0.400. The number of aromatic nitrogens is 1. The van der Waals surface area contributed by atoms with Crippen molar-refractivity contribution in [1.82, 2.24) is 9.47 Å². The van der Waals surface area contributed by atoms with Gasteiger partial charge in [0.1, 0.15) is 0 Å². The third-order valence-electron chi connectivity index (χ3n) is 5.04. The molecule has 2 aromatic rings. The van der Waals surface area contributed by atoms with Gasteiger partial charge >= 0.3 is 0 Å². The molecule has 2 heterocycles. The van der Waals surface area contributed by atoms with E-state index in [9.17, 15) is 9.59 Å². The molecular weight excluding hydrogens is 300 g/mol. The van der Waals surface area contributed by atoms with Crippen LogP contribution >= 0.6 is 0 Å². The number of piperidine rings is 1. The maximum atomic E-state index is 12.8. The Morgan fingerprint density at radius 1 is 1.21 bits per heavy atom. The van der Waals surface area contributed by atoms with Crippen molar-refractivity contribution in [3.63, 3.8) is 0 Å². The lowest BCUT2D eigenvalue weighted by Crippen LogP contribution is -2.47. The van der Waals surface area contributed by atoms with Gasteiger partial charge in [-0.1, -0.05) is 37.3 Å². The fourth-order valence-electron chi connectivity index (χ4n) is 3.57. The Bertz CT molecular complexity index is 782. The van der Waals surface area contributed by atoms with Gasteiger partial charge in [0, 0.05) is 42.9 Å². The number of carbonyl (C=O) groups excluding carboxylic acids is 1. The number of pyridine rings is 1. The molecule has 1 aromatic carbocycles. The van der Waals surface area contributed by atoms with E-state index in [1.165, 1.54) is 11.6 Å². The first-order chi connectivity index (χ1) is 11.5. The molecule has 0 unspecified atom stereocenters. The van der Waals surface area contributed by atoms with E-state index in [1.807, 2.05) is 30.0 Å². The van der Waals surface area contributed by atoms with Gasteiger partial charge in [-0.3, -0.25) is 9.59 Å². The number of carbonyl (C=O) groups is 1. The second-order valence-corrected chi connectivity index (χ2v) is 6.80. The largest absolute Gasteiger partial charge is 0.338 e. The van der Waals surface area contributed by atoms with E-state index < -0.39 is 0 Å². The lowest BCUT2D eigenvalue weighted by molar-refractivity contribution is 0.0650. The van der Waals surface area contributed by atoms with Crippen LogP contribution in [0.5, 0.6) is 0 Å². The smallest absolute Gasteiger partial charge is 0.254 e. The van der Waals surface area contributed by atoms with Crippen LogP contribution in [-0.4, -0.2) is 28.5 Å². The second-order valence-electron chi connectivity index (χ2n) is 6.80. The fourth-order valence-corrected chi connectivity index (χ4v) is 3.57. The molecular formula is C20H24N2O2. The molecule has 0 bridgehead atoms. The van der Waals surface area contributed by atoms with Crippen molar-refractivity contribution in [2.45, 2.75) is 38.6 Å². The minimum Gasteiger partial charge on any atom is -0.338 e. The summed E-state index contributed by atoms with van der Waals surface area (Å²) in [5.74, 6) is -0.0443. The van der Waals surface area contributed by atoms with Gasteiger partial charge in [-0.05, 0) is 31.4 Å². The molecule has 4 heteroatoms. The monoisotopic (exact) mass is 324 g/mol. The zero-order valence-corrected chi connectivity index (χ0v) is 14.4. The molecule has 0 N–H and O–H groups in total. The Balaban J connectivity index is 1.83. The van der Waals surface area contributed by atoms with Gasteiger partial charge in [0.05, 0.1) is 0 Å². The number of amides is 1. The van der Waals surface area contributed by atoms with Crippen LogP contribution in [0.1, 0.15) is 42.6 Å². The highest BCUT2D eigenvalue weighted by molar-refractivity contribution is 5.94. The van der Waals surface area contributed by atoms with Crippen molar-refractivity contribution in [3.05, 3.63) is 70.1 Å². The predicted octanol–water partition coefficient (Wildman–Crippen LogP) is 3.06. The van der Waals surface area contributed by atoms with Crippen molar-refractivity contribution in [2.75, 3.05) is 13.1 Å². The highest BCUT2D eigenvalue weighted by Crippen LogP contribution is 2.33. The zero-order chi connectivity index (χ0) is 17.2. The summed E-state index contributed by atoms with van der Waals surface area (Å²) in [6.07, 6.45) is 3.75. The summed E-state index contributed by atoms with van der Waals surface area (Å²) in [6.45, 7) is 6.18. The highest BCUT2D eigenvalue weighted by Gasteiger charge is 2.34. The number of hydrogen-bond donors (Lipinski definition) is 0. The normalized spacial score (nSPS) is 20.8. The first-order valence-electron chi connectivity index (χ1n) is 8.59. The van der Waals surface area contributed by atoms with Gasteiger partial charge < -0.3 is 9.47 Å². The molecule has 0 aliphatic carbocycles. The SMILES string of the molecule is CCn1ccc(C(=O)N2CCC[C@@](C)(c3ccccc3)C2)cc1=O. The van der Waals surface area contributed by atoms with Gasteiger partial charge in [-0.2, -0.15) is 0 Å². The van der Waals surface area contributed by atoms with Gasteiger partial charge in [-0.25, -0.2) is 0 Å². The van der Waals surface area contributed by atoms with Crippen LogP contribution in [0, 0.1) is 0 Å². The topological polar surface area (TPSA) is 42.3 Å². The summed E-state index contributed by atoms with van der Waals surface area (Å²) in [7, 11) is 0. The molecule has 4 nitrogen and oxygen atoms in total. The summed E-state index contributed by atoms with van der Waals surface area (Å²) in [6, 6.07) is 13.6. The standard InChI is InChI=1S/C20H24N2O2/c1-3-21-13-10-16(14-18(21)23)19(24)22-12-7-11-20(2,15-22)17-8-5-4-6-9-17/h4-6,8-10,13-14H,3,7,11-12,15H2,1-2H3/t20-/m1/s1. The van der Waals surface area contributed by atoms with E-state index in [0.29, 0.717) is 18.7 Å². The molecule has 1 aliphatic heterocycles. The molecule has 1 aromatic heterocycles. The maximum absolute atomic E-state index is 12.8. The van der Waals surface area contributed by atoms with Crippen LogP contribution in [-0.2, 0) is 12.0 Å². The van der Waals surface area contributed by atoms with Gasteiger partial charge in [0.15, 0.2) is 0 Å². The first-order valence-corrected chi connectivity index (χ1v) is 8.59. The number of likely N-dealkylation sites (tertiary alicyclic amines) is 1. The molecule has 1 amide bonds. The minimum atomic E-state index is -0.119. The van der Waals surface area contributed by atoms with E-state index in [-0.39, 0.29) is 16.9 Å². The van der Waals surface area contributed by atoms with E-state index in [4.69, 9.17) is 0 Å². The van der Waals surface area contributed by atoms with Crippen LogP contribution in [0.3, 0.4) is 0 Å². The first kappa shape index (κ1) is 16.5. The zero-order valence-electron chi connectivity index (χ0n) is 14.4. The molecule has 0 spiro atoms. The van der Waals surface area contributed by atoms with Gasteiger partial charge in [0.2, 0.25) is 0 Å². The minimum absolute atomic E-state index is 0.0342. The van der Waals surface area contributed by atoms with Crippen LogP contribution in [0.15, 0.2) is 53.5 Å². The lowest BCUT2D eigenvalue weighted by atomic mass is 9.76. The lowest BCUT2D eigenvalue weighted by Gasteiger charge is -2.41. The van der Waals surface area contributed by atoms with Crippen molar-refractivity contribution in [1.29, 1.82) is 0 Å². The van der Waals surface area contributed by atoms with Crippen molar-refractivity contribution >= 4 is 5.91 Å². The van der Waals surface area contributed by atoms with E-state index in [0.717, 1.165) is 19.4 Å². The molecule has 1 fully saturated rings. The molecule has 1 aliphatic rings.